The average molecular weight is 434 g/mol. The minimum absolute atomic E-state index is 0.219. The fraction of sp³-hybridized carbons (Fsp3) is 0.0870. The molecule has 148 valence electrons. The highest BCUT2D eigenvalue weighted by molar-refractivity contribution is 7.18. The average Bonchev–Trinajstić information content (AvgIpc) is 3.18. The van der Waals surface area contributed by atoms with Gasteiger partial charge in [-0.2, -0.15) is 0 Å². The summed E-state index contributed by atoms with van der Waals surface area (Å²) in [4.78, 5) is 30.7. The van der Waals surface area contributed by atoms with E-state index in [1.807, 2.05) is 54.6 Å². The second kappa shape index (κ2) is 7.55. The van der Waals surface area contributed by atoms with Crippen molar-refractivity contribution in [2.75, 3.05) is 0 Å². The summed E-state index contributed by atoms with van der Waals surface area (Å²) in [5.74, 6) is 0. The lowest BCUT2D eigenvalue weighted by molar-refractivity contribution is 0.710. The number of hydrogen-bond acceptors (Lipinski definition) is 4. The van der Waals surface area contributed by atoms with Crippen LogP contribution in [-0.4, -0.2) is 14.1 Å². The molecule has 0 spiro atoms. The zero-order valence-electron chi connectivity index (χ0n) is 15.8. The summed E-state index contributed by atoms with van der Waals surface area (Å²) in [6, 6.07) is 22.7. The van der Waals surface area contributed by atoms with Crippen LogP contribution in [0.5, 0.6) is 0 Å². The second-order valence-corrected chi connectivity index (χ2v) is 8.53. The monoisotopic (exact) mass is 433 g/mol. The second-order valence-electron chi connectivity index (χ2n) is 6.98. The predicted molar refractivity (Wildman–Crippen MR) is 122 cm³/mol. The van der Waals surface area contributed by atoms with Crippen molar-refractivity contribution < 1.29 is 0 Å². The van der Waals surface area contributed by atoms with Crippen LogP contribution in [0.2, 0.25) is 5.02 Å². The largest absolute Gasteiger partial charge is 0.317 e. The first-order valence-corrected chi connectivity index (χ1v) is 10.6. The Morgan fingerprint density at radius 3 is 2.27 bits per heavy atom. The van der Waals surface area contributed by atoms with E-state index in [9.17, 15) is 9.59 Å². The van der Waals surface area contributed by atoms with Crippen LogP contribution in [0.25, 0.3) is 21.3 Å². The van der Waals surface area contributed by atoms with Crippen LogP contribution >= 0.6 is 22.9 Å². The Hall–Kier alpha value is -3.22. The summed E-state index contributed by atoms with van der Waals surface area (Å²) in [5.41, 5.74) is 1.95. The van der Waals surface area contributed by atoms with Gasteiger partial charge in [0.15, 0.2) is 0 Å². The smallest absolute Gasteiger partial charge is 0.298 e. The van der Waals surface area contributed by atoms with E-state index in [2.05, 4.69) is 4.98 Å². The molecule has 0 amide bonds. The number of benzene rings is 3. The number of nitrogens with zero attached hydrogens (tertiary/aromatic N) is 3. The van der Waals surface area contributed by atoms with Crippen molar-refractivity contribution in [2.45, 2.75) is 13.1 Å². The molecule has 3 aromatic carbocycles. The molecule has 0 N–H and O–H groups in total. The molecule has 30 heavy (non-hydrogen) atoms. The van der Waals surface area contributed by atoms with Crippen LogP contribution in [0.3, 0.4) is 0 Å². The van der Waals surface area contributed by atoms with E-state index in [-0.39, 0.29) is 6.54 Å². The first-order chi connectivity index (χ1) is 14.6. The zero-order chi connectivity index (χ0) is 20.7. The molecule has 7 heteroatoms. The predicted octanol–water partition coefficient (Wildman–Crippen LogP) is 4.52. The number of rotatable bonds is 4. The number of aromatic nitrogens is 3. The van der Waals surface area contributed by atoms with Crippen LogP contribution in [0.15, 0.2) is 82.4 Å². The van der Waals surface area contributed by atoms with E-state index in [1.165, 1.54) is 20.5 Å². The fourth-order valence-electron chi connectivity index (χ4n) is 3.59. The van der Waals surface area contributed by atoms with E-state index >= 15 is 0 Å². The van der Waals surface area contributed by atoms with E-state index in [1.54, 1.807) is 18.2 Å². The van der Waals surface area contributed by atoms with Crippen molar-refractivity contribution in [2.24, 2.45) is 0 Å². The molecule has 0 bridgehead atoms. The van der Waals surface area contributed by atoms with Gasteiger partial charge in [-0.3, -0.25) is 18.7 Å². The van der Waals surface area contributed by atoms with Crippen molar-refractivity contribution in [1.82, 2.24) is 14.1 Å². The maximum Gasteiger partial charge on any atom is 0.317 e. The van der Waals surface area contributed by atoms with Gasteiger partial charge in [-0.05, 0) is 35.9 Å². The number of fused-ring (bicyclic) bond motifs is 2. The van der Waals surface area contributed by atoms with Gasteiger partial charge in [0.25, 0.3) is 0 Å². The molecule has 0 fully saturated rings. The highest BCUT2D eigenvalue weighted by Crippen LogP contribution is 2.24. The van der Waals surface area contributed by atoms with Crippen LogP contribution in [0.1, 0.15) is 10.6 Å². The third-order valence-corrected chi connectivity index (χ3v) is 6.26. The van der Waals surface area contributed by atoms with Gasteiger partial charge in [-0.25, -0.2) is 4.98 Å². The third-order valence-electron chi connectivity index (χ3n) is 5.01. The van der Waals surface area contributed by atoms with Crippen molar-refractivity contribution in [3.63, 3.8) is 0 Å². The molecule has 0 aliphatic heterocycles. The molecule has 0 aliphatic carbocycles. The quantitative estimate of drug-likeness (QED) is 0.391. The Morgan fingerprint density at radius 1 is 0.800 bits per heavy atom. The first kappa shape index (κ1) is 18.8. The summed E-state index contributed by atoms with van der Waals surface area (Å²) in [6.07, 6.45) is 0. The van der Waals surface area contributed by atoms with Gasteiger partial charge in [-0.15, -0.1) is 11.3 Å². The van der Waals surface area contributed by atoms with Crippen LogP contribution < -0.4 is 11.1 Å². The third kappa shape index (κ3) is 3.34. The number of halogens is 1. The summed E-state index contributed by atoms with van der Waals surface area (Å²) >= 11 is 7.76. The maximum absolute atomic E-state index is 13.1. The van der Waals surface area contributed by atoms with E-state index in [4.69, 9.17) is 11.6 Å². The summed E-state index contributed by atoms with van der Waals surface area (Å²) < 4.78 is 4.03. The zero-order valence-corrected chi connectivity index (χ0v) is 17.4. The first-order valence-electron chi connectivity index (χ1n) is 9.41. The molecule has 5 aromatic rings. The summed E-state index contributed by atoms with van der Waals surface area (Å²) in [6.45, 7) is 0.533. The number of thiazole rings is 1. The topological polar surface area (TPSA) is 56.9 Å². The van der Waals surface area contributed by atoms with Crippen molar-refractivity contribution >= 4 is 44.2 Å². The number of hydrogen-bond donors (Lipinski definition) is 0. The van der Waals surface area contributed by atoms with E-state index in [0.717, 1.165) is 20.8 Å². The van der Waals surface area contributed by atoms with Gasteiger partial charge < -0.3 is 0 Å². The SMILES string of the molecule is O=c1c(=O)n(Cc2nc3ccccc3s2)c2cc(Cl)ccc2n1Cc1ccccc1. The van der Waals surface area contributed by atoms with Gasteiger partial charge in [0.1, 0.15) is 5.01 Å². The van der Waals surface area contributed by atoms with Gasteiger partial charge in [0, 0.05) is 5.02 Å². The molecule has 0 saturated heterocycles. The van der Waals surface area contributed by atoms with Crippen LogP contribution in [-0.2, 0) is 13.1 Å². The minimum Gasteiger partial charge on any atom is -0.298 e. The highest BCUT2D eigenvalue weighted by Gasteiger charge is 2.16. The molecule has 0 saturated carbocycles. The van der Waals surface area contributed by atoms with Crippen molar-refractivity contribution in [3.8, 4) is 0 Å². The van der Waals surface area contributed by atoms with Gasteiger partial charge in [0.05, 0.1) is 34.3 Å². The molecular formula is C23H16ClN3O2S. The van der Waals surface area contributed by atoms with E-state index < -0.39 is 11.1 Å². The molecule has 0 unspecified atom stereocenters. The highest BCUT2D eigenvalue weighted by atomic mass is 35.5. The fourth-order valence-corrected chi connectivity index (χ4v) is 4.72. The maximum atomic E-state index is 13.1. The number of para-hydroxylation sites is 1. The van der Waals surface area contributed by atoms with E-state index in [0.29, 0.717) is 22.6 Å². The lowest BCUT2D eigenvalue weighted by Crippen LogP contribution is -2.41. The molecule has 0 atom stereocenters. The molecule has 0 aliphatic rings. The summed E-state index contributed by atoms with van der Waals surface area (Å²) in [7, 11) is 0. The standard InChI is InChI=1S/C23H16ClN3O2S/c24-16-10-11-18-19(12-16)27(14-21-25-17-8-4-5-9-20(17)30-21)23(29)22(28)26(18)13-15-6-2-1-3-7-15/h1-12H,13-14H2. The normalized spacial score (nSPS) is 11.4. The Kier molecular flexibility index (Phi) is 4.73. The molecule has 2 aromatic heterocycles. The lowest BCUT2D eigenvalue weighted by Gasteiger charge is -2.15. The van der Waals surface area contributed by atoms with Gasteiger partial charge in [0.2, 0.25) is 0 Å². The Balaban J connectivity index is 1.69. The Morgan fingerprint density at radius 2 is 1.50 bits per heavy atom. The lowest BCUT2D eigenvalue weighted by atomic mass is 10.2. The summed E-state index contributed by atoms with van der Waals surface area (Å²) in [5, 5.41) is 1.27. The molecular weight excluding hydrogens is 418 g/mol. The van der Waals surface area contributed by atoms with Crippen molar-refractivity contribution in [1.29, 1.82) is 0 Å². The molecule has 5 nitrogen and oxygen atoms in total. The Labute approximate surface area is 180 Å². The van der Waals surface area contributed by atoms with Crippen LogP contribution in [0, 0.1) is 0 Å². The molecule has 0 radical (unpaired) electrons. The minimum atomic E-state index is -0.583. The molecule has 2 heterocycles. The van der Waals surface area contributed by atoms with Crippen LogP contribution in [0.4, 0.5) is 0 Å². The van der Waals surface area contributed by atoms with Gasteiger partial charge >= 0.3 is 11.1 Å². The van der Waals surface area contributed by atoms with Crippen molar-refractivity contribution in [3.05, 3.63) is 109 Å². The molecule has 5 rings (SSSR count). The Bertz CT molecular complexity index is 1470. The van der Waals surface area contributed by atoms with Gasteiger partial charge in [-0.1, -0.05) is 54.1 Å².